The van der Waals surface area contributed by atoms with E-state index in [1.54, 1.807) is 43.2 Å². The quantitative estimate of drug-likeness (QED) is 0.384. The first-order valence-corrected chi connectivity index (χ1v) is 11.6. The number of hydrogen-bond donors (Lipinski definition) is 1. The van der Waals surface area contributed by atoms with Gasteiger partial charge in [-0.15, -0.1) is 11.8 Å². The van der Waals surface area contributed by atoms with Gasteiger partial charge in [0.2, 0.25) is 5.91 Å². The molecule has 1 heterocycles. The van der Waals surface area contributed by atoms with Gasteiger partial charge in [0.25, 0.3) is 11.6 Å². The molecular formula is C25H23N3O5S. The maximum absolute atomic E-state index is 13.0. The molecule has 0 radical (unpaired) electrons. The lowest BCUT2D eigenvalue weighted by Crippen LogP contribution is -2.29. The number of rotatable bonds is 6. The average Bonchev–Trinajstić information content (AvgIpc) is 3.20. The van der Waals surface area contributed by atoms with E-state index in [9.17, 15) is 19.7 Å². The van der Waals surface area contributed by atoms with E-state index in [0.717, 1.165) is 11.1 Å². The summed E-state index contributed by atoms with van der Waals surface area (Å²) >= 11 is 1.46. The maximum Gasteiger partial charge on any atom is 0.273 e. The van der Waals surface area contributed by atoms with Crippen LogP contribution in [-0.4, -0.2) is 29.6 Å². The van der Waals surface area contributed by atoms with E-state index in [0.29, 0.717) is 22.7 Å². The second kappa shape index (κ2) is 9.56. The first kappa shape index (κ1) is 23.3. The Labute approximate surface area is 201 Å². The Hall–Kier alpha value is -3.85. The van der Waals surface area contributed by atoms with Crippen molar-refractivity contribution in [3.05, 3.63) is 93.0 Å². The molecule has 0 bridgehead atoms. The van der Waals surface area contributed by atoms with Crippen molar-refractivity contribution in [2.75, 3.05) is 23.1 Å². The molecule has 1 saturated heterocycles. The molecule has 3 aromatic carbocycles. The fourth-order valence-electron chi connectivity index (χ4n) is 3.87. The summed E-state index contributed by atoms with van der Waals surface area (Å²) in [5.74, 6) is 0.340. The summed E-state index contributed by atoms with van der Waals surface area (Å²) in [5, 5.41) is 13.8. The molecule has 1 unspecified atom stereocenters. The molecule has 174 valence electrons. The Morgan fingerprint density at radius 3 is 2.65 bits per heavy atom. The van der Waals surface area contributed by atoms with Crippen molar-refractivity contribution in [2.24, 2.45) is 0 Å². The summed E-state index contributed by atoms with van der Waals surface area (Å²) in [4.78, 5) is 38.4. The van der Waals surface area contributed by atoms with Gasteiger partial charge in [-0.05, 0) is 43.7 Å². The number of carbonyl (C=O) groups is 2. The van der Waals surface area contributed by atoms with Gasteiger partial charge >= 0.3 is 0 Å². The zero-order valence-corrected chi connectivity index (χ0v) is 19.7. The third kappa shape index (κ3) is 4.47. The van der Waals surface area contributed by atoms with E-state index in [2.05, 4.69) is 5.32 Å². The summed E-state index contributed by atoms with van der Waals surface area (Å²) in [5.41, 5.74) is 3.47. The van der Waals surface area contributed by atoms with Gasteiger partial charge in [-0.2, -0.15) is 0 Å². The van der Waals surface area contributed by atoms with Gasteiger partial charge < -0.3 is 10.1 Å². The van der Waals surface area contributed by atoms with Crippen molar-refractivity contribution >= 4 is 40.6 Å². The Morgan fingerprint density at radius 1 is 1.15 bits per heavy atom. The Balaban J connectivity index is 1.69. The highest BCUT2D eigenvalue weighted by Crippen LogP contribution is 2.47. The predicted octanol–water partition coefficient (Wildman–Crippen LogP) is 5.25. The van der Waals surface area contributed by atoms with Gasteiger partial charge in [0.1, 0.15) is 11.1 Å². The van der Waals surface area contributed by atoms with Gasteiger partial charge in [0, 0.05) is 28.4 Å². The molecule has 9 heteroatoms. The Kier molecular flexibility index (Phi) is 6.56. The monoisotopic (exact) mass is 477 g/mol. The normalized spacial score (nSPS) is 15.3. The van der Waals surface area contributed by atoms with E-state index in [4.69, 9.17) is 4.74 Å². The Morgan fingerprint density at radius 2 is 1.91 bits per heavy atom. The summed E-state index contributed by atoms with van der Waals surface area (Å²) in [7, 11) is 1.56. The first-order chi connectivity index (χ1) is 16.3. The van der Waals surface area contributed by atoms with Crippen molar-refractivity contribution in [2.45, 2.75) is 19.2 Å². The van der Waals surface area contributed by atoms with E-state index >= 15 is 0 Å². The summed E-state index contributed by atoms with van der Waals surface area (Å²) in [6.45, 7) is 3.57. The third-order valence-corrected chi connectivity index (χ3v) is 6.80. The number of hydrogen-bond acceptors (Lipinski definition) is 6. The number of para-hydroxylation sites is 1. The molecule has 0 spiro atoms. The van der Waals surface area contributed by atoms with Crippen molar-refractivity contribution in [3.63, 3.8) is 0 Å². The van der Waals surface area contributed by atoms with E-state index in [1.165, 1.54) is 17.8 Å². The number of thioether (sulfide) groups is 1. The number of methoxy groups -OCH3 is 1. The van der Waals surface area contributed by atoms with Crippen LogP contribution in [0.25, 0.3) is 0 Å². The second-order valence-corrected chi connectivity index (χ2v) is 8.97. The molecule has 3 aromatic rings. The number of nitro benzene ring substituents is 1. The number of carbonyl (C=O) groups excluding carboxylic acids is 2. The van der Waals surface area contributed by atoms with E-state index < -0.39 is 10.8 Å². The van der Waals surface area contributed by atoms with Crippen LogP contribution in [0.2, 0.25) is 0 Å². The van der Waals surface area contributed by atoms with Gasteiger partial charge in [-0.25, -0.2) is 0 Å². The lowest BCUT2D eigenvalue weighted by molar-refractivity contribution is -0.385. The molecule has 1 fully saturated rings. The highest BCUT2D eigenvalue weighted by Gasteiger charge is 2.37. The highest BCUT2D eigenvalue weighted by atomic mass is 32.2. The summed E-state index contributed by atoms with van der Waals surface area (Å²) in [6.07, 6.45) is 0. The first-order valence-electron chi connectivity index (χ1n) is 10.5. The largest absolute Gasteiger partial charge is 0.495 e. The minimum absolute atomic E-state index is 0.0609. The smallest absolute Gasteiger partial charge is 0.273 e. The predicted molar refractivity (Wildman–Crippen MR) is 133 cm³/mol. The minimum Gasteiger partial charge on any atom is -0.495 e. The van der Waals surface area contributed by atoms with Crippen LogP contribution in [0.15, 0.2) is 60.7 Å². The minimum atomic E-state index is -0.506. The Bertz CT molecular complexity index is 1290. The topological polar surface area (TPSA) is 102 Å². The fraction of sp³-hybridized carbons (Fsp3) is 0.200. The molecule has 4 rings (SSSR count). The van der Waals surface area contributed by atoms with Crippen LogP contribution in [-0.2, 0) is 4.79 Å². The zero-order valence-electron chi connectivity index (χ0n) is 18.9. The SMILES string of the molecule is COc1ccc(C)cc1N1C(=O)CSC1c1ccccc1NC(=O)c1ccc(C)c([N+](=O)[O-])c1. The van der Waals surface area contributed by atoms with Crippen LogP contribution < -0.4 is 15.0 Å². The molecule has 0 aromatic heterocycles. The molecule has 0 saturated carbocycles. The van der Waals surface area contributed by atoms with Gasteiger partial charge in [0.15, 0.2) is 0 Å². The third-order valence-electron chi connectivity index (χ3n) is 5.60. The number of anilines is 2. The van der Waals surface area contributed by atoms with Crippen LogP contribution >= 0.6 is 11.8 Å². The second-order valence-electron chi connectivity index (χ2n) is 7.90. The van der Waals surface area contributed by atoms with Gasteiger partial charge in [-0.3, -0.25) is 24.6 Å². The molecule has 8 nitrogen and oxygen atoms in total. The van der Waals surface area contributed by atoms with Gasteiger partial charge in [0.05, 0.1) is 23.5 Å². The van der Waals surface area contributed by atoms with Crippen LogP contribution in [0.5, 0.6) is 5.75 Å². The van der Waals surface area contributed by atoms with Crippen molar-refractivity contribution in [3.8, 4) is 5.75 Å². The van der Waals surface area contributed by atoms with Crippen LogP contribution in [0, 0.1) is 24.0 Å². The number of amides is 2. The maximum atomic E-state index is 13.0. The van der Waals surface area contributed by atoms with Crippen molar-refractivity contribution in [1.82, 2.24) is 0 Å². The molecule has 1 aliphatic heterocycles. The molecule has 1 aliphatic rings. The summed E-state index contributed by atoms with van der Waals surface area (Å²) < 4.78 is 5.51. The average molecular weight is 478 g/mol. The molecule has 0 aliphatic carbocycles. The van der Waals surface area contributed by atoms with Crippen molar-refractivity contribution < 1.29 is 19.2 Å². The van der Waals surface area contributed by atoms with E-state index in [-0.39, 0.29) is 28.3 Å². The molecule has 2 amide bonds. The van der Waals surface area contributed by atoms with Crippen LogP contribution in [0.4, 0.5) is 17.1 Å². The van der Waals surface area contributed by atoms with Gasteiger partial charge in [-0.1, -0.05) is 30.3 Å². The zero-order chi connectivity index (χ0) is 24.4. The highest BCUT2D eigenvalue weighted by molar-refractivity contribution is 8.00. The fourth-order valence-corrected chi connectivity index (χ4v) is 5.08. The molecule has 34 heavy (non-hydrogen) atoms. The number of nitro groups is 1. The van der Waals surface area contributed by atoms with Crippen LogP contribution in [0.1, 0.15) is 32.4 Å². The summed E-state index contributed by atoms with van der Waals surface area (Å²) in [6, 6.07) is 17.3. The molecule has 1 N–H and O–H groups in total. The number of benzene rings is 3. The van der Waals surface area contributed by atoms with Crippen molar-refractivity contribution in [1.29, 1.82) is 0 Å². The molecular weight excluding hydrogens is 454 g/mol. The van der Waals surface area contributed by atoms with Crippen LogP contribution in [0.3, 0.4) is 0 Å². The number of aryl methyl sites for hydroxylation is 2. The van der Waals surface area contributed by atoms with E-state index in [1.807, 2.05) is 37.3 Å². The number of nitrogens with zero attached hydrogens (tertiary/aromatic N) is 2. The lowest BCUT2D eigenvalue weighted by Gasteiger charge is -2.27. The number of nitrogens with one attached hydrogen (secondary N) is 1. The number of ether oxygens (including phenoxy) is 1. The standard InChI is InChI=1S/C25H23N3O5S/c1-15-8-11-22(33-3)21(12-15)27-23(29)14-34-25(27)18-6-4-5-7-19(18)26-24(30)17-10-9-16(2)20(13-17)28(31)32/h4-13,25H,14H2,1-3H3,(H,26,30). The molecule has 1 atom stereocenters. The lowest BCUT2D eigenvalue weighted by atomic mass is 10.1.